The largest absolute Gasteiger partial charge is 0.452 e. The molecule has 2 atom stereocenters. The maximum Gasteiger partial charge on any atom is 0.416 e. The lowest BCUT2D eigenvalue weighted by molar-refractivity contribution is -0.143. The highest BCUT2D eigenvalue weighted by Gasteiger charge is 2.38. The Balaban J connectivity index is 2.36. The summed E-state index contributed by atoms with van der Waals surface area (Å²) in [5, 5.41) is 2.25. The number of hydrogen-bond donors (Lipinski definition) is 1. The Kier molecular flexibility index (Phi) is 3.88. The average Bonchev–Trinajstić information content (AvgIpc) is 2.65. The lowest BCUT2D eigenvalue weighted by atomic mass is 10.1. The van der Waals surface area contributed by atoms with E-state index in [4.69, 9.17) is 4.74 Å². The molecule has 1 aliphatic heterocycles. The second kappa shape index (κ2) is 5.25. The summed E-state index contributed by atoms with van der Waals surface area (Å²) in [6, 6.07) is 0.0774. The Labute approximate surface area is 120 Å². The molecule has 0 aliphatic carbocycles. The number of benzene rings is 1. The monoisotopic (exact) mass is 329 g/mol. The quantitative estimate of drug-likeness (QED) is 0.844. The van der Waals surface area contributed by atoms with Gasteiger partial charge in [0.1, 0.15) is 11.8 Å². The molecule has 1 fully saturated rings. The van der Waals surface area contributed by atoms with Crippen LogP contribution in [0.25, 0.3) is 0 Å². The maximum absolute atomic E-state index is 12.7. The van der Waals surface area contributed by atoms with Crippen LogP contribution in [0.1, 0.15) is 18.1 Å². The lowest BCUT2D eigenvalue weighted by Gasteiger charge is -2.18. The second-order valence-corrected chi connectivity index (χ2v) is 4.57. The van der Waals surface area contributed by atoms with Crippen LogP contribution in [0, 0.1) is 0 Å². The number of carbonyl (C=O) groups is 1. The van der Waals surface area contributed by atoms with Gasteiger partial charge in [0, 0.05) is 0 Å². The van der Waals surface area contributed by atoms with Gasteiger partial charge in [0.05, 0.1) is 11.1 Å². The smallest absolute Gasteiger partial charge is 0.416 e. The summed E-state index contributed by atoms with van der Waals surface area (Å²) in [5.74, 6) is -0.699. The number of alkyl carbamates (subject to hydrolysis) is 1. The van der Waals surface area contributed by atoms with Crippen LogP contribution in [0.3, 0.4) is 0 Å². The molecule has 1 N–H and O–H groups in total. The zero-order valence-corrected chi connectivity index (χ0v) is 10.9. The number of rotatable bonds is 2. The first-order chi connectivity index (χ1) is 9.96. The highest BCUT2D eigenvalue weighted by atomic mass is 19.4. The molecule has 1 aliphatic rings. The molecule has 4 nitrogen and oxygen atoms in total. The maximum atomic E-state index is 12.7. The van der Waals surface area contributed by atoms with Crippen molar-refractivity contribution in [3.63, 3.8) is 0 Å². The number of halogens is 6. The number of amides is 1. The highest BCUT2D eigenvalue weighted by molar-refractivity contribution is 5.69. The summed E-state index contributed by atoms with van der Waals surface area (Å²) in [5.41, 5.74) is -3.02. The van der Waals surface area contributed by atoms with E-state index in [0.29, 0.717) is 12.1 Å². The molecule has 1 aromatic carbocycles. The van der Waals surface area contributed by atoms with Crippen LogP contribution < -0.4 is 10.1 Å². The van der Waals surface area contributed by atoms with Crippen LogP contribution in [0.4, 0.5) is 31.1 Å². The first kappa shape index (κ1) is 16.2. The molecule has 1 amide bonds. The van der Waals surface area contributed by atoms with E-state index in [1.54, 1.807) is 0 Å². The lowest BCUT2D eigenvalue weighted by Crippen LogP contribution is -2.31. The molecule has 1 heterocycles. The third kappa shape index (κ3) is 3.55. The topological polar surface area (TPSA) is 47.6 Å². The summed E-state index contributed by atoms with van der Waals surface area (Å²) < 4.78 is 85.5. The Hall–Kier alpha value is -2.13. The molecule has 122 valence electrons. The fraction of sp³-hybridized carbons (Fsp3) is 0.417. The molecule has 0 unspecified atom stereocenters. The third-order valence-corrected chi connectivity index (χ3v) is 2.79. The Morgan fingerprint density at radius 1 is 1.05 bits per heavy atom. The minimum atomic E-state index is -4.98. The van der Waals surface area contributed by atoms with E-state index in [-0.39, 0.29) is 6.07 Å². The van der Waals surface area contributed by atoms with E-state index in [1.165, 1.54) is 6.92 Å². The van der Waals surface area contributed by atoms with Crippen molar-refractivity contribution in [2.45, 2.75) is 31.6 Å². The van der Waals surface area contributed by atoms with Gasteiger partial charge >= 0.3 is 18.4 Å². The Morgan fingerprint density at radius 2 is 1.55 bits per heavy atom. The zero-order chi connectivity index (χ0) is 16.7. The van der Waals surface area contributed by atoms with Crippen LogP contribution in [-0.2, 0) is 17.1 Å². The Bertz CT molecular complexity index is 551. The summed E-state index contributed by atoms with van der Waals surface area (Å²) >= 11 is 0. The average molecular weight is 329 g/mol. The van der Waals surface area contributed by atoms with Gasteiger partial charge in [0.2, 0.25) is 0 Å². The number of cyclic esters (lactones) is 1. The van der Waals surface area contributed by atoms with Gasteiger partial charge in [-0.25, -0.2) is 4.79 Å². The van der Waals surface area contributed by atoms with Crippen LogP contribution in [0.2, 0.25) is 0 Å². The minimum Gasteiger partial charge on any atom is -0.452 e. The van der Waals surface area contributed by atoms with Gasteiger partial charge in [0.25, 0.3) is 6.29 Å². The molecular formula is C12H9F6NO3. The molecule has 0 saturated carbocycles. The molecular weight excluding hydrogens is 320 g/mol. The first-order valence-corrected chi connectivity index (χ1v) is 5.90. The van der Waals surface area contributed by atoms with Crippen molar-refractivity contribution in [1.82, 2.24) is 5.32 Å². The molecule has 0 radical (unpaired) electrons. The van der Waals surface area contributed by atoms with Crippen molar-refractivity contribution in [2.24, 2.45) is 0 Å². The zero-order valence-electron chi connectivity index (χ0n) is 10.9. The van der Waals surface area contributed by atoms with E-state index in [0.717, 1.165) is 0 Å². The van der Waals surface area contributed by atoms with Crippen molar-refractivity contribution in [3.8, 4) is 5.75 Å². The van der Waals surface area contributed by atoms with Gasteiger partial charge < -0.3 is 14.8 Å². The predicted molar refractivity (Wildman–Crippen MR) is 59.9 cm³/mol. The van der Waals surface area contributed by atoms with Crippen molar-refractivity contribution in [1.29, 1.82) is 0 Å². The third-order valence-electron chi connectivity index (χ3n) is 2.79. The molecule has 1 saturated heterocycles. The number of ether oxygens (including phenoxy) is 2. The number of alkyl halides is 6. The molecule has 0 spiro atoms. The van der Waals surface area contributed by atoms with E-state index in [9.17, 15) is 31.1 Å². The standard InChI is InChI=1S/C12H9F6NO3/c1-5-9(22-10(20)19-5)21-8-3-6(11(13,14)15)2-7(4-8)12(16,17)18/h2-5,9H,1H3,(H,19,20)/t5-,9+/m1/s1. The van der Waals surface area contributed by atoms with Gasteiger partial charge in [0.15, 0.2) is 0 Å². The Morgan fingerprint density at radius 3 is 1.91 bits per heavy atom. The van der Waals surface area contributed by atoms with E-state index >= 15 is 0 Å². The van der Waals surface area contributed by atoms with Gasteiger partial charge in [-0.05, 0) is 25.1 Å². The van der Waals surface area contributed by atoms with Gasteiger partial charge in [-0.15, -0.1) is 0 Å². The van der Waals surface area contributed by atoms with Crippen molar-refractivity contribution in [3.05, 3.63) is 29.3 Å². The van der Waals surface area contributed by atoms with Crippen molar-refractivity contribution >= 4 is 6.09 Å². The summed E-state index contributed by atoms with van der Waals surface area (Å²) in [6.07, 6.45) is -12.1. The number of nitrogens with one attached hydrogen (secondary N) is 1. The SMILES string of the molecule is C[C@H]1NC(=O)O[C@@H]1Oc1cc(C(F)(F)F)cc(C(F)(F)F)c1. The first-order valence-electron chi connectivity index (χ1n) is 5.90. The molecule has 10 heteroatoms. The predicted octanol–water partition coefficient (Wildman–Crippen LogP) is 3.56. The van der Waals surface area contributed by atoms with Gasteiger partial charge in [-0.3, -0.25) is 0 Å². The second-order valence-electron chi connectivity index (χ2n) is 4.57. The number of carbonyl (C=O) groups excluding carboxylic acids is 1. The van der Waals surface area contributed by atoms with Crippen LogP contribution in [0.15, 0.2) is 18.2 Å². The molecule has 2 rings (SSSR count). The van der Waals surface area contributed by atoms with Gasteiger partial charge in [-0.2, -0.15) is 26.3 Å². The van der Waals surface area contributed by atoms with E-state index in [1.807, 2.05) is 0 Å². The van der Waals surface area contributed by atoms with Crippen molar-refractivity contribution in [2.75, 3.05) is 0 Å². The summed E-state index contributed by atoms with van der Waals surface area (Å²) in [7, 11) is 0. The van der Waals surface area contributed by atoms with Gasteiger partial charge in [-0.1, -0.05) is 0 Å². The van der Waals surface area contributed by atoms with Crippen molar-refractivity contribution < 1.29 is 40.6 Å². The summed E-state index contributed by atoms with van der Waals surface area (Å²) in [4.78, 5) is 10.9. The molecule has 0 aromatic heterocycles. The number of hydrogen-bond acceptors (Lipinski definition) is 3. The normalized spacial score (nSPS) is 22.2. The minimum absolute atomic E-state index is 0.0187. The van der Waals surface area contributed by atoms with Crippen LogP contribution >= 0.6 is 0 Å². The van der Waals surface area contributed by atoms with E-state index in [2.05, 4.69) is 10.1 Å². The van der Waals surface area contributed by atoms with Crippen LogP contribution in [-0.4, -0.2) is 18.4 Å². The highest BCUT2D eigenvalue weighted by Crippen LogP contribution is 2.38. The molecule has 0 bridgehead atoms. The molecule has 22 heavy (non-hydrogen) atoms. The fourth-order valence-corrected chi connectivity index (χ4v) is 1.75. The van der Waals surface area contributed by atoms with E-state index < -0.39 is 47.7 Å². The fourth-order valence-electron chi connectivity index (χ4n) is 1.75. The molecule has 1 aromatic rings. The van der Waals surface area contributed by atoms with Crippen LogP contribution in [0.5, 0.6) is 5.75 Å². The summed E-state index contributed by atoms with van der Waals surface area (Å²) in [6.45, 7) is 1.42.